The van der Waals surface area contributed by atoms with E-state index in [1.807, 2.05) is 18.9 Å². The Hall–Kier alpha value is -0.120. The number of rotatable bonds is 6. The summed E-state index contributed by atoms with van der Waals surface area (Å²) in [7, 11) is 1.97. The number of hydrogen-bond acceptors (Lipinski definition) is 3. The van der Waals surface area contributed by atoms with Crippen molar-refractivity contribution in [3.05, 3.63) is 0 Å². The maximum atomic E-state index is 8.51. The summed E-state index contributed by atoms with van der Waals surface area (Å²) in [5, 5.41) is 8.51. The van der Waals surface area contributed by atoms with Crippen molar-refractivity contribution in [1.29, 1.82) is 0 Å². The molecule has 0 rings (SSSR count). The molecule has 0 saturated heterocycles. The Morgan fingerprint density at radius 1 is 1.40 bits per heavy atom. The van der Waals surface area contributed by atoms with Crippen molar-refractivity contribution in [2.24, 2.45) is 0 Å². The van der Waals surface area contributed by atoms with Crippen LogP contribution in [0.3, 0.4) is 0 Å². The Kier molecular flexibility index (Phi) is 6.91. The van der Waals surface area contributed by atoms with Crippen LogP contribution in [0, 0.1) is 0 Å². The van der Waals surface area contributed by atoms with Gasteiger partial charge in [0.25, 0.3) is 0 Å². The van der Waals surface area contributed by atoms with Crippen molar-refractivity contribution in [1.82, 2.24) is 4.90 Å². The lowest BCUT2D eigenvalue weighted by Crippen LogP contribution is -2.26. The largest absolute Gasteiger partial charge is 0.395 e. The van der Waals surface area contributed by atoms with Crippen LogP contribution in [0.15, 0.2) is 0 Å². The van der Waals surface area contributed by atoms with E-state index in [9.17, 15) is 0 Å². The Bertz CT molecular complexity index is 68.6. The Morgan fingerprint density at radius 3 is 2.60 bits per heavy atom. The first-order valence-electron chi connectivity index (χ1n) is 3.68. The maximum Gasteiger partial charge on any atom is 0.0593 e. The highest BCUT2D eigenvalue weighted by Gasteiger charge is 1.94. The number of aliphatic hydroxyl groups excluding tert-OH is 1. The second-order valence-electron chi connectivity index (χ2n) is 2.22. The van der Waals surface area contributed by atoms with Gasteiger partial charge in [-0.05, 0) is 14.0 Å². The number of nitrogens with zero attached hydrogens (tertiary/aromatic N) is 1. The summed E-state index contributed by atoms with van der Waals surface area (Å²) >= 11 is 0. The van der Waals surface area contributed by atoms with E-state index in [1.165, 1.54) is 0 Å². The molecule has 0 aromatic heterocycles. The number of hydrogen-bond donors (Lipinski definition) is 1. The molecule has 0 radical (unpaired) electrons. The molecule has 0 fully saturated rings. The fourth-order valence-electron chi connectivity index (χ4n) is 0.647. The normalized spacial score (nSPS) is 10.8. The quantitative estimate of drug-likeness (QED) is 0.534. The molecule has 62 valence electrons. The van der Waals surface area contributed by atoms with Crippen molar-refractivity contribution < 1.29 is 9.84 Å². The average Bonchev–Trinajstić information content (AvgIpc) is 1.89. The average molecular weight is 147 g/mol. The molecule has 3 nitrogen and oxygen atoms in total. The second-order valence-corrected chi connectivity index (χ2v) is 2.22. The minimum absolute atomic E-state index is 0.225. The Morgan fingerprint density at radius 2 is 2.10 bits per heavy atom. The van der Waals surface area contributed by atoms with Gasteiger partial charge in [0, 0.05) is 19.7 Å². The lowest BCUT2D eigenvalue weighted by molar-refractivity contribution is 0.114. The third-order valence-electron chi connectivity index (χ3n) is 1.30. The van der Waals surface area contributed by atoms with Crippen LogP contribution in [-0.4, -0.2) is 50.0 Å². The van der Waals surface area contributed by atoms with Crippen molar-refractivity contribution in [2.45, 2.75) is 6.92 Å². The van der Waals surface area contributed by atoms with Crippen LogP contribution in [0.1, 0.15) is 6.92 Å². The molecule has 0 atom stereocenters. The van der Waals surface area contributed by atoms with Crippen LogP contribution in [-0.2, 0) is 4.74 Å². The molecule has 10 heavy (non-hydrogen) atoms. The minimum Gasteiger partial charge on any atom is -0.395 e. The molecule has 0 unspecified atom stereocenters. The highest BCUT2D eigenvalue weighted by Crippen LogP contribution is 1.81. The Labute approximate surface area is 62.6 Å². The summed E-state index contributed by atoms with van der Waals surface area (Å²) < 4.78 is 5.13. The van der Waals surface area contributed by atoms with Gasteiger partial charge in [-0.25, -0.2) is 0 Å². The van der Waals surface area contributed by atoms with Crippen LogP contribution in [0.5, 0.6) is 0 Å². The van der Waals surface area contributed by atoms with Crippen molar-refractivity contribution >= 4 is 0 Å². The summed E-state index contributed by atoms with van der Waals surface area (Å²) in [5.41, 5.74) is 0. The molecule has 0 aromatic rings. The SMILES string of the molecule is CCOCCN(C)CCO. The molecule has 0 bridgehead atoms. The van der Waals surface area contributed by atoms with Gasteiger partial charge in [-0.2, -0.15) is 0 Å². The van der Waals surface area contributed by atoms with Gasteiger partial charge in [0.2, 0.25) is 0 Å². The highest BCUT2D eigenvalue weighted by atomic mass is 16.5. The van der Waals surface area contributed by atoms with Crippen molar-refractivity contribution in [3.8, 4) is 0 Å². The first-order valence-corrected chi connectivity index (χ1v) is 3.68. The zero-order valence-corrected chi connectivity index (χ0v) is 6.84. The summed E-state index contributed by atoms with van der Waals surface area (Å²) in [6, 6.07) is 0. The predicted octanol–water partition coefficient (Wildman–Crippen LogP) is -0.0530. The third kappa shape index (κ3) is 6.01. The Balaban J connectivity index is 2.97. The number of likely N-dealkylation sites (N-methyl/N-ethyl adjacent to an activating group) is 1. The molecule has 0 aliphatic heterocycles. The highest BCUT2D eigenvalue weighted by molar-refractivity contribution is 4.47. The van der Waals surface area contributed by atoms with Gasteiger partial charge >= 0.3 is 0 Å². The van der Waals surface area contributed by atoms with E-state index in [1.54, 1.807) is 0 Å². The van der Waals surface area contributed by atoms with Gasteiger partial charge in [-0.3, -0.25) is 0 Å². The molecule has 0 aliphatic rings. The fraction of sp³-hybridized carbons (Fsp3) is 1.00. The first-order chi connectivity index (χ1) is 4.81. The van der Waals surface area contributed by atoms with Gasteiger partial charge in [-0.15, -0.1) is 0 Å². The van der Waals surface area contributed by atoms with E-state index >= 15 is 0 Å². The minimum atomic E-state index is 0.225. The summed E-state index contributed by atoms with van der Waals surface area (Å²) in [5.74, 6) is 0. The van der Waals surface area contributed by atoms with Gasteiger partial charge in [0.05, 0.1) is 13.2 Å². The van der Waals surface area contributed by atoms with E-state index in [0.29, 0.717) is 0 Å². The fourth-order valence-corrected chi connectivity index (χ4v) is 0.647. The van der Waals surface area contributed by atoms with E-state index in [-0.39, 0.29) is 6.61 Å². The maximum absolute atomic E-state index is 8.51. The number of ether oxygens (including phenoxy) is 1. The van der Waals surface area contributed by atoms with Crippen molar-refractivity contribution in [3.63, 3.8) is 0 Å². The van der Waals surface area contributed by atoms with Crippen LogP contribution >= 0.6 is 0 Å². The van der Waals surface area contributed by atoms with Crippen LogP contribution in [0.4, 0.5) is 0 Å². The van der Waals surface area contributed by atoms with Crippen LogP contribution in [0.2, 0.25) is 0 Å². The topological polar surface area (TPSA) is 32.7 Å². The zero-order valence-electron chi connectivity index (χ0n) is 6.84. The standard InChI is InChI=1S/C7H17NO2/c1-3-10-7-5-8(2)4-6-9/h9H,3-7H2,1-2H3. The summed E-state index contributed by atoms with van der Waals surface area (Å²) in [6.45, 7) is 5.36. The molecule has 0 spiro atoms. The molecule has 3 heteroatoms. The molecular weight excluding hydrogens is 130 g/mol. The van der Waals surface area contributed by atoms with Gasteiger partial charge in [0.15, 0.2) is 0 Å². The summed E-state index contributed by atoms with van der Waals surface area (Å²) in [6.07, 6.45) is 0. The van der Waals surface area contributed by atoms with Gasteiger partial charge in [0.1, 0.15) is 0 Å². The second kappa shape index (κ2) is 6.99. The molecule has 0 aliphatic carbocycles. The zero-order chi connectivity index (χ0) is 7.82. The summed E-state index contributed by atoms with van der Waals surface area (Å²) in [4.78, 5) is 2.04. The van der Waals surface area contributed by atoms with E-state index in [2.05, 4.69) is 0 Å². The molecule has 0 amide bonds. The number of aliphatic hydroxyl groups is 1. The van der Waals surface area contributed by atoms with Gasteiger partial charge in [-0.1, -0.05) is 0 Å². The first kappa shape index (κ1) is 9.88. The van der Waals surface area contributed by atoms with Crippen LogP contribution in [0.25, 0.3) is 0 Å². The molecule has 0 aromatic carbocycles. The third-order valence-corrected chi connectivity index (χ3v) is 1.30. The smallest absolute Gasteiger partial charge is 0.0593 e. The molecular formula is C7H17NO2. The molecule has 0 saturated carbocycles. The molecule has 1 N–H and O–H groups in total. The van der Waals surface area contributed by atoms with Gasteiger partial charge < -0.3 is 14.7 Å². The lowest BCUT2D eigenvalue weighted by Gasteiger charge is -2.13. The predicted molar refractivity (Wildman–Crippen MR) is 41.1 cm³/mol. The van der Waals surface area contributed by atoms with E-state index < -0.39 is 0 Å². The molecule has 0 heterocycles. The van der Waals surface area contributed by atoms with E-state index in [0.717, 1.165) is 26.3 Å². The van der Waals surface area contributed by atoms with Crippen LogP contribution < -0.4 is 0 Å². The monoisotopic (exact) mass is 147 g/mol. The van der Waals surface area contributed by atoms with Crippen molar-refractivity contribution in [2.75, 3.05) is 40.0 Å². The lowest BCUT2D eigenvalue weighted by atomic mass is 10.5. The van der Waals surface area contributed by atoms with E-state index in [4.69, 9.17) is 9.84 Å².